The number of aliphatic hydroxyl groups is 2. The first kappa shape index (κ1) is 90.6. The van der Waals surface area contributed by atoms with E-state index in [4.69, 9.17) is 10.2 Å². The number of aliphatic hydroxyl groups excluding tert-OH is 2. The first-order chi connectivity index (χ1) is 36.8. The molecule has 0 radical (unpaired) electrons. The van der Waals surface area contributed by atoms with E-state index in [9.17, 15) is 48.0 Å². The number of nitrogens with zero attached hydrogens (tertiary/aromatic N) is 4. The molecule has 0 unspecified atom stereocenters. The Kier molecular flexibility index (Phi) is 59.7. The number of hydrogen-bond acceptors (Lipinski definition) is 12. The molecule has 4 heterocycles. The molecule has 4 aliphatic heterocycles. The summed E-state index contributed by atoms with van der Waals surface area (Å²) in [5.74, 6) is 0.167. The minimum absolute atomic E-state index is 0. The molecule has 12 nitrogen and oxygen atoms in total. The van der Waals surface area contributed by atoms with Gasteiger partial charge in [0.25, 0.3) is 0 Å². The molecular weight excluding hydrogens is 1090 g/mol. The van der Waals surface area contributed by atoms with Crippen molar-refractivity contribution in [1.82, 2.24) is 19.6 Å². The Bertz CT molecular complexity index is 2080. The molecule has 4 aliphatic rings. The van der Waals surface area contributed by atoms with Crippen molar-refractivity contribution in [1.29, 1.82) is 0 Å². The third kappa shape index (κ3) is 40.2. The summed E-state index contributed by atoms with van der Waals surface area (Å²) in [7, 11) is -3.99. The van der Waals surface area contributed by atoms with Gasteiger partial charge < -0.3 is 36.0 Å². The zero-order chi connectivity index (χ0) is 61.7. The monoisotopic (exact) mass is 1190 g/mol. The molecular formula is C58H102AlF6LiN4O8S2. The van der Waals surface area contributed by atoms with Crippen molar-refractivity contribution >= 4 is 43.4 Å². The van der Waals surface area contributed by atoms with Crippen LogP contribution in [0.2, 0.25) is 0 Å². The van der Waals surface area contributed by atoms with Gasteiger partial charge in [-0.05, 0) is 119 Å². The van der Waals surface area contributed by atoms with Crippen molar-refractivity contribution in [3.8, 4) is 0 Å². The van der Waals surface area contributed by atoms with Gasteiger partial charge in [-0.2, -0.15) is 43.2 Å². The molecule has 80 heavy (non-hydrogen) atoms. The average Bonchev–Trinajstić information content (AvgIpc) is 3.42. The van der Waals surface area contributed by atoms with Gasteiger partial charge in [0, 0.05) is 66.1 Å². The molecule has 0 fully saturated rings. The van der Waals surface area contributed by atoms with Crippen molar-refractivity contribution in [2.24, 2.45) is 0 Å². The Balaban J connectivity index is -0.000000126. The summed E-state index contributed by atoms with van der Waals surface area (Å²) in [4.78, 5) is 18.9. The van der Waals surface area contributed by atoms with Crippen LogP contribution in [0.15, 0.2) is 97.1 Å². The Labute approximate surface area is 504 Å². The van der Waals surface area contributed by atoms with Gasteiger partial charge in [0.15, 0.2) is 17.4 Å². The summed E-state index contributed by atoms with van der Waals surface area (Å²) in [6.45, 7) is 34.3. The fourth-order valence-corrected chi connectivity index (χ4v) is 8.30. The maximum absolute atomic E-state index is 11.4. The molecule has 0 amide bonds. The molecule has 460 valence electrons. The zero-order valence-electron chi connectivity index (χ0n) is 52.1. The fourth-order valence-electron chi connectivity index (χ4n) is 6.74. The second-order valence-corrected chi connectivity index (χ2v) is 19.4. The van der Waals surface area contributed by atoms with Gasteiger partial charge in [-0.1, -0.05) is 166 Å². The standard InChI is InChI=1S/4C10H13N.C3H6O.C2F6O5S2.C2H6O.5C2H6.CH4O.Al.Li.4H/c4*1-11-7-6-9-4-2-3-5-10(9)8-11;1-3(2)4;3-1(4,5)14(9,10)13-15(11,12)2(6,7)8;1-2-3;6*1-2;;;;;;/h4*2-5H,6-8H2,1H3;1-2H3;;3H,2H2,1H3;5*1-2H3;2H,1H3;;;;;;/q;;;;;;;;;;;;;;+1;;;;-1. The first-order valence-corrected chi connectivity index (χ1v) is 29.5. The summed E-state index contributed by atoms with van der Waals surface area (Å²) >= 11 is 0. The molecule has 0 bridgehead atoms. The molecule has 0 aromatic heterocycles. The van der Waals surface area contributed by atoms with Crippen molar-refractivity contribution in [3.05, 3.63) is 142 Å². The van der Waals surface area contributed by atoms with Crippen LogP contribution in [0.25, 0.3) is 0 Å². The average molecular weight is 1200 g/mol. The number of carbonyl (C=O) groups excluding carboxylic acids is 1. The summed E-state index contributed by atoms with van der Waals surface area (Å²) in [5.41, 5.74) is -0.381. The summed E-state index contributed by atoms with van der Waals surface area (Å²) in [6, 6.07) is 34.9. The van der Waals surface area contributed by atoms with Crippen molar-refractivity contribution < 1.29 is 82.1 Å². The maximum atomic E-state index is 11.4. The first-order valence-electron chi connectivity index (χ1n) is 26.7. The number of benzene rings is 4. The number of ketones is 1. The van der Waals surface area contributed by atoms with E-state index < -0.39 is 31.3 Å². The predicted molar refractivity (Wildman–Crippen MR) is 322 cm³/mol. The van der Waals surface area contributed by atoms with Crippen molar-refractivity contribution in [2.75, 3.05) is 68.1 Å². The molecule has 0 saturated carbocycles. The van der Waals surface area contributed by atoms with Crippen LogP contribution < -0.4 is 18.9 Å². The van der Waals surface area contributed by atoms with Gasteiger partial charge in [-0.15, -0.1) is 3.63 Å². The number of Topliss-reactive ketones (excluding diaryl/α,β-unsaturated/α-hetero) is 1. The quantitative estimate of drug-likeness (QED) is 0.113. The number of rotatable bonds is 2. The van der Waals surface area contributed by atoms with E-state index in [0.717, 1.165) is 33.3 Å². The van der Waals surface area contributed by atoms with Gasteiger partial charge in [0.05, 0.1) is 0 Å². The Hall–Kier alpha value is -3.12. The van der Waals surface area contributed by atoms with E-state index in [2.05, 4.69) is 145 Å². The maximum Gasteiger partial charge on any atom is 1.00 e. The van der Waals surface area contributed by atoms with Crippen LogP contribution in [-0.2, 0) is 80.5 Å². The predicted octanol–water partition coefficient (Wildman–Crippen LogP) is 8.67. The number of fused-ring (bicyclic) bond motifs is 4. The molecule has 0 aliphatic carbocycles. The topological polar surface area (TPSA) is 148 Å². The van der Waals surface area contributed by atoms with E-state index in [1.54, 1.807) is 6.92 Å². The number of hydrogen-bond donors (Lipinski definition) is 2. The van der Waals surface area contributed by atoms with Crippen LogP contribution in [0, 0.1) is 0 Å². The van der Waals surface area contributed by atoms with Crippen LogP contribution in [-0.4, -0.2) is 149 Å². The molecule has 0 saturated heterocycles. The SMILES string of the molecule is CC.CC.CC.CC.CC.CC(C)=O.CCO.CN1CCc2ccccc2C1.CN1CCc2ccccc2C1.CN1CCc2ccccc2C1.CN1CCc2ccccc2C1.CO.O=S(=O)(OS(=O)(=O)C(F)(F)F)C(F)(F)F.[AlH3].[H-].[Li+]. The number of alkyl halides is 6. The van der Waals surface area contributed by atoms with Crippen LogP contribution in [0.1, 0.15) is 136 Å². The minimum Gasteiger partial charge on any atom is -1.00 e. The van der Waals surface area contributed by atoms with E-state index in [-0.39, 0.29) is 50.0 Å². The Morgan fingerprint density at radius 1 is 0.463 bits per heavy atom. The third-order valence-corrected chi connectivity index (χ3v) is 12.6. The second kappa shape index (κ2) is 52.7. The Morgan fingerprint density at radius 3 is 0.738 bits per heavy atom. The van der Waals surface area contributed by atoms with Crippen LogP contribution in [0.3, 0.4) is 0 Å². The molecule has 8 rings (SSSR count). The smallest absolute Gasteiger partial charge is 1.00 e. The fraction of sp³-hybridized carbons (Fsp3) is 0.569. The normalized spacial score (nSPS) is 13.7. The van der Waals surface area contributed by atoms with E-state index in [1.807, 2.05) is 72.9 Å². The van der Waals surface area contributed by atoms with Gasteiger partial charge >= 0.3 is 50.1 Å². The molecule has 0 atom stereocenters. The molecule has 22 heteroatoms. The summed E-state index contributed by atoms with van der Waals surface area (Å²) in [6.07, 6.45) is 4.86. The van der Waals surface area contributed by atoms with Gasteiger partial charge in [-0.3, -0.25) is 0 Å². The van der Waals surface area contributed by atoms with Crippen LogP contribution >= 0.6 is 0 Å². The molecule has 4 aromatic rings. The summed E-state index contributed by atoms with van der Waals surface area (Å²) in [5, 5.41) is 14.6. The number of halogens is 6. The van der Waals surface area contributed by atoms with Crippen molar-refractivity contribution in [2.45, 2.75) is 153 Å². The summed E-state index contributed by atoms with van der Waals surface area (Å²) < 4.78 is 110. The largest absolute Gasteiger partial charge is 1.00 e. The van der Waals surface area contributed by atoms with Crippen molar-refractivity contribution in [3.63, 3.8) is 0 Å². The van der Waals surface area contributed by atoms with Gasteiger partial charge in [0.2, 0.25) is 0 Å². The van der Waals surface area contributed by atoms with Crippen LogP contribution in [0.5, 0.6) is 0 Å². The van der Waals surface area contributed by atoms with E-state index in [1.165, 1.54) is 110 Å². The second-order valence-electron chi connectivity index (χ2n) is 16.1. The van der Waals surface area contributed by atoms with Gasteiger partial charge in [-0.25, -0.2) is 0 Å². The third-order valence-electron chi connectivity index (χ3n) is 10.0. The molecule has 0 spiro atoms. The number of carbonyl (C=O) groups is 1. The molecule has 4 aromatic carbocycles. The van der Waals surface area contributed by atoms with Gasteiger partial charge in [0.1, 0.15) is 5.78 Å². The van der Waals surface area contributed by atoms with E-state index in [0.29, 0.717) is 0 Å². The van der Waals surface area contributed by atoms with E-state index >= 15 is 0 Å². The minimum atomic E-state index is -6.85. The molecule has 2 N–H and O–H groups in total. The van der Waals surface area contributed by atoms with Crippen LogP contribution in [0.4, 0.5) is 26.3 Å². The zero-order valence-corrected chi connectivity index (χ0v) is 52.8. The number of likely N-dealkylation sites (N-methyl/N-ethyl adjacent to an activating group) is 4. The Morgan fingerprint density at radius 2 is 0.600 bits per heavy atom.